The van der Waals surface area contributed by atoms with E-state index < -0.39 is 0 Å². The minimum Gasteiger partial charge on any atom is -0.375 e. The van der Waals surface area contributed by atoms with Gasteiger partial charge in [0.25, 0.3) is 0 Å². The average Bonchev–Trinajstić information content (AvgIpc) is 2.42. The molecule has 2 rings (SSSR count). The van der Waals surface area contributed by atoms with Crippen LogP contribution in [0.25, 0.3) is 0 Å². The van der Waals surface area contributed by atoms with E-state index in [-0.39, 0.29) is 12.5 Å². The van der Waals surface area contributed by atoms with Crippen LogP contribution in [0, 0.1) is 13.8 Å². The molecule has 21 heavy (non-hydrogen) atoms. The fraction of sp³-hybridized carbons (Fsp3) is 0.188. The Labute approximate surface area is 137 Å². The quantitative estimate of drug-likeness (QED) is 0.817. The molecule has 1 amide bonds. The fourth-order valence-corrected chi connectivity index (χ4v) is 2.83. The number of amides is 1. The topological polar surface area (TPSA) is 41.1 Å². The summed E-state index contributed by atoms with van der Waals surface area (Å²) in [5.74, 6) is -0.139. The SMILES string of the molecule is Cc1cc(C)c(NC(=O)CNc2ccccc2Br)c(Cl)c1. The van der Waals surface area contributed by atoms with Crippen molar-refractivity contribution in [2.75, 3.05) is 17.2 Å². The molecule has 0 heterocycles. The molecule has 0 saturated heterocycles. The van der Waals surface area contributed by atoms with Gasteiger partial charge in [0.05, 0.1) is 17.3 Å². The van der Waals surface area contributed by atoms with E-state index in [0.29, 0.717) is 10.7 Å². The molecule has 0 fully saturated rings. The second-order valence-electron chi connectivity index (χ2n) is 4.82. The third-order valence-electron chi connectivity index (χ3n) is 3.01. The Kier molecular flexibility index (Phi) is 5.26. The Morgan fingerprint density at radius 1 is 1.24 bits per heavy atom. The van der Waals surface area contributed by atoms with Crippen molar-refractivity contribution in [2.24, 2.45) is 0 Å². The van der Waals surface area contributed by atoms with E-state index in [9.17, 15) is 4.79 Å². The number of hydrogen-bond donors (Lipinski definition) is 2. The average molecular weight is 368 g/mol. The predicted octanol–water partition coefficient (Wildman–Crippen LogP) is 4.77. The zero-order valence-corrected chi connectivity index (χ0v) is 14.2. The maximum Gasteiger partial charge on any atom is 0.243 e. The normalized spacial score (nSPS) is 10.3. The second-order valence-corrected chi connectivity index (χ2v) is 6.08. The Morgan fingerprint density at radius 2 is 1.95 bits per heavy atom. The van der Waals surface area contributed by atoms with Crippen molar-refractivity contribution in [3.63, 3.8) is 0 Å². The van der Waals surface area contributed by atoms with Crippen LogP contribution in [-0.2, 0) is 4.79 Å². The molecular weight excluding hydrogens is 352 g/mol. The van der Waals surface area contributed by atoms with E-state index in [4.69, 9.17) is 11.6 Å². The molecule has 0 aliphatic rings. The van der Waals surface area contributed by atoms with Crippen molar-refractivity contribution >= 4 is 44.8 Å². The van der Waals surface area contributed by atoms with Crippen molar-refractivity contribution in [3.8, 4) is 0 Å². The number of nitrogens with one attached hydrogen (secondary N) is 2. The maximum absolute atomic E-state index is 12.0. The summed E-state index contributed by atoms with van der Waals surface area (Å²) in [6, 6.07) is 11.5. The molecule has 110 valence electrons. The van der Waals surface area contributed by atoms with E-state index in [1.54, 1.807) is 0 Å². The van der Waals surface area contributed by atoms with E-state index in [2.05, 4.69) is 26.6 Å². The summed E-state index contributed by atoms with van der Waals surface area (Å²) in [5, 5.41) is 6.49. The predicted molar refractivity (Wildman–Crippen MR) is 92.2 cm³/mol. The highest BCUT2D eigenvalue weighted by atomic mass is 79.9. The molecule has 0 atom stereocenters. The minimum atomic E-state index is -0.139. The lowest BCUT2D eigenvalue weighted by Crippen LogP contribution is -2.22. The molecule has 0 unspecified atom stereocenters. The number of rotatable bonds is 4. The molecule has 0 aromatic heterocycles. The Hall–Kier alpha value is -1.52. The molecule has 0 aliphatic heterocycles. The Morgan fingerprint density at radius 3 is 2.62 bits per heavy atom. The van der Waals surface area contributed by atoms with Gasteiger partial charge in [0, 0.05) is 10.2 Å². The van der Waals surface area contributed by atoms with Crippen molar-refractivity contribution in [1.29, 1.82) is 0 Å². The molecule has 5 heteroatoms. The van der Waals surface area contributed by atoms with Crippen LogP contribution < -0.4 is 10.6 Å². The molecule has 3 nitrogen and oxygen atoms in total. The number of halogens is 2. The lowest BCUT2D eigenvalue weighted by Gasteiger charge is -2.13. The zero-order valence-electron chi connectivity index (χ0n) is 11.8. The first-order chi connectivity index (χ1) is 9.97. The highest BCUT2D eigenvalue weighted by Gasteiger charge is 2.09. The van der Waals surface area contributed by atoms with Crippen LogP contribution >= 0.6 is 27.5 Å². The number of hydrogen-bond acceptors (Lipinski definition) is 2. The fourth-order valence-electron chi connectivity index (χ4n) is 2.04. The highest BCUT2D eigenvalue weighted by molar-refractivity contribution is 9.10. The van der Waals surface area contributed by atoms with Crippen LogP contribution in [0.5, 0.6) is 0 Å². The first kappa shape index (κ1) is 15.9. The van der Waals surface area contributed by atoms with Gasteiger partial charge >= 0.3 is 0 Å². The van der Waals surface area contributed by atoms with Gasteiger partial charge in [-0.3, -0.25) is 4.79 Å². The van der Waals surface area contributed by atoms with Gasteiger partial charge in [0.15, 0.2) is 0 Å². The molecule has 0 bridgehead atoms. The summed E-state index contributed by atoms with van der Waals surface area (Å²) in [6.45, 7) is 4.07. The number of anilines is 2. The molecule has 0 radical (unpaired) electrons. The largest absolute Gasteiger partial charge is 0.375 e. The number of carbonyl (C=O) groups is 1. The standard InChI is InChI=1S/C16H16BrClN2O/c1-10-7-11(2)16(13(18)8-10)20-15(21)9-19-14-6-4-3-5-12(14)17/h3-8,19H,9H2,1-2H3,(H,20,21). The summed E-state index contributed by atoms with van der Waals surface area (Å²) < 4.78 is 0.919. The number of para-hydroxylation sites is 1. The van der Waals surface area contributed by atoms with Gasteiger partial charge < -0.3 is 10.6 Å². The van der Waals surface area contributed by atoms with Crippen LogP contribution in [0.1, 0.15) is 11.1 Å². The number of aryl methyl sites for hydroxylation is 2. The summed E-state index contributed by atoms with van der Waals surface area (Å²) in [5.41, 5.74) is 3.57. The second kappa shape index (κ2) is 6.96. The minimum absolute atomic E-state index is 0.139. The van der Waals surface area contributed by atoms with Crippen LogP contribution in [0.15, 0.2) is 40.9 Å². The van der Waals surface area contributed by atoms with E-state index in [1.165, 1.54) is 0 Å². The van der Waals surface area contributed by atoms with E-state index in [0.717, 1.165) is 21.3 Å². The Balaban J connectivity index is 2.01. The lowest BCUT2D eigenvalue weighted by atomic mass is 10.1. The highest BCUT2D eigenvalue weighted by Crippen LogP contribution is 2.27. The molecule has 2 aromatic carbocycles. The number of carbonyl (C=O) groups excluding carboxylic acids is 1. The first-order valence-electron chi connectivity index (χ1n) is 6.52. The van der Waals surface area contributed by atoms with Gasteiger partial charge in [-0.1, -0.05) is 29.8 Å². The van der Waals surface area contributed by atoms with Crippen molar-refractivity contribution in [1.82, 2.24) is 0 Å². The summed E-state index contributed by atoms with van der Waals surface area (Å²) in [6.07, 6.45) is 0. The van der Waals surface area contributed by atoms with Crippen LogP contribution in [0.4, 0.5) is 11.4 Å². The van der Waals surface area contributed by atoms with Gasteiger partial charge in [-0.25, -0.2) is 0 Å². The van der Waals surface area contributed by atoms with Crippen molar-refractivity contribution in [2.45, 2.75) is 13.8 Å². The van der Waals surface area contributed by atoms with E-state index in [1.807, 2.05) is 50.2 Å². The van der Waals surface area contributed by atoms with E-state index >= 15 is 0 Å². The molecule has 0 aliphatic carbocycles. The van der Waals surface area contributed by atoms with Gasteiger partial charge in [-0.05, 0) is 59.1 Å². The Bertz CT molecular complexity index is 650. The summed E-state index contributed by atoms with van der Waals surface area (Å²) in [7, 11) is 0. The molecule has 0 spiro atoms. The first-order valence-corrected chi connectivity index (χ1v) is 7.69. The molecule has 2 aromatic rings. The number of benzene rings is 2. The van der Waals surface area contributed by atoms with Gasteiger partial charge in [-0.15, -0.1) is 0 Å². The smallest absolute Gasteiger partial charge is 0.243 e. The van der Waals surface area contributed by atoms with Crippen LogP contribution in [-0.4, -0.2) is 12.5 Å². The van der Waals surface area contributed by atoms with Crippen molar-refractivity contribution < 1.29 is 4.79 Å². The lowest BCUT2D eigenvalue weighted by molar-refractivity contribution is -0.114. The maximum atomic E-state index is 12.0. The van der Waals surface area contributed by atoms with Gasteiger partial charge in [0.1, 0.15) is 0 Å². The monoisotopic (exact) mass is 366 g/mol. The van der Waals surface area contributed by atoms with Gasteiger partial charge in [0.2, 0.25) is 5.91 Å². The third-order valence-corrected chi connectivity index (χ3v) is 4.00. The van der Waals surface area contributed by atoms with Crippen LogP contribution in [0.3, 0.4) is 0 Å². The summed E-state index contributed by atoms with van der Waals surface area (Å²) >= 11 is 9.61. The molecular formula is C16H16BrClN2O. The molecule has 0 saturated carbocycles. The third kappa shape index (κ3) is 4.22. The molecule has 2 N–H and O–H groups in total. The van der Waals surface area contributed by atoms with Crippen molar-refractivity contribution in [3.05, 3.63) is 57.0 Å². The zero-order chi connectivity index (χ0) is 15.4. The van der Waals surface area contributed by atoms with Crippen LogP contribution in [0.2, 0.25) is 5.02 Å². The summed E-state index contributed by atoms with van der Waals surface area (Å²) in [4.78, 5) is 12.0. The van der Waals surface area contributed by atoms with Gasteiger partial charge in [-0.2, -0.15) is 0 Å².